The van der Waals surface area contributed by atoms with Crippen molar-refractivity contribution in [3.63, 3.8) is 0 Å². The van der Waals surface area contributed by atoms with Crippen molar-refractivity contribution in [1.82, 2.24) is 20.6 Å². The maximum atomic E-state index is 13.6. The van der Waals surface area contributed by atoms with Gasteiger partial charge in [0.1, 0.15) is 18.2 Å². The van der Waals surface area contributed by atoms with Crippen LogP contribution in [0.25, 0.3) is 11.4 Å². The molecular formula is C11H10F3N5O. The standard InChI is InChI=1S/C11H10F3N5O/c12-6-3-7(11-15-17-18-16-11)10-8(4-6)20-2-1-19(10)5-9(13)14/h3-4,9H,1-2,5H2,(H,15,16,17,18). The summed E-state index contributed by atoms with van der Waals surface area (Å²) in [5, 5.41) is 13.2. The second kappa shape index (κ2) is 4.99. The summed E-state index contributed by atoms with van der Waals surface area (Å²) >= 11 is 0. The molecule has 9 heteroatoms. The fourth-order valence-electron chi connectivity index (χ4n) is 2.18. The van der Waals surface area contributed by atoms with Gasteiger partial charge in [-0.1, -0.05) is 0 Å². The molecule has 1 aromatic heterocycles. The van der Waals surface area contributed by atoms with E-state index in [4.69, 9.17) is 4.74 Å². The van der Waals surface area contributed by atoms with Gasteiger partial charge in [-0.15, -0.1) is 10.2 Å². The molecule has 0 saturated carbocycles. The number of aromatic nitrogens is 4. The summed E-state index contributed by atoms with van der Waals surface area (Å²) in [4.78, 5) is 1.44. The SMILES string of the molecule is Fc1cc2c(c(-c3nn[nH]n3)c1)N(CC(F)F)CCO2. The Morgan fingerprint density at radius 3 is 2.95 bits per heavy atom. The van der Waals surface area contributed by atoms with Crippen molar-refractivity contribution < 1.29 is 17.9 Å². The molecule has 1 aliphatic heterocycles. The minimum atomic E-state index is -2.51. The third-order valence-corrected chi connectivity index (χ3v) is 2.92. The summed E-state index contributed by atoms with van der Waals surface area (Å²) in [6.45, 7) is 0.0372. The first-order valence-corrected chi connectivity index (χ1v) is 5.88. The van der Waals surface area contributed by atoms with Gasteiger partial charge in [0.25, 0.3) is 6.43 Å². The Morgan fingerprint density at radius 2 is 2.25 bits per heavy atom. The fraction of sp³-hybridized carbons (Fsp3) is 0.364. The molecule has 0 saturated heterocycles. The van der Waals surface area contributed by atoms with E-state index in [1.807, 2.05) is 0 Å². The van der Waals surface area contributed by atoms with Gasteiger partial charge >= 0.3 is 0 Å². The number of hydrogen-bond acceptors (Lipinski definition) is 5. The number of fused-ring (bicyclic) bond motifs is 1. The summed E-state index contributed by atoms with van der Waals surface area (Å²) in [5.74, 6) is -0.218. The van der Waals surface area contributed by atoms with Crippen LogP contribution in [-0.2, 0) is 0 Å². The van der Waals surface area contributed by atoms with Gasteiger partial charge < -0.3 is 9.64 Å². The number of halogens is 3. The molecule has 3 rings (SSSR count). The highest BCUT2D eigenvalue weighted by atomic mass is 19.3. The van der Waals surface area contributed by atoms with Crippen molar-refractivity contribution in [2.75, 3.05) is 24.6 Å². The molecule has 0 radical (unpaired) electrons. The smallest absolute Gasteiger partial charge is 0.255 e. The molecule has 1 aromatic carbocycles. The van der Waals surface area contributed by atoms with E-state index in [0.717, 1.165) is 6.07 Å². The Kier molecular flexibility index (Phi) is 3.17. The highest BCUT2D eigenvalue weighted by Gasteiger charge is 2.27. The Labute approximate surface area is 111 Å². The zero-order valence-corrected chi connectivity index (χ0v) is 10.2. The van der Waals surface area contributed by atoms with Crippen LogP contribution in [-0.4, -0.2) is 46.7 Å². The topological polar surface area (TPSA) is 66.9 Å². The van der Waals surface area contributed by atoms with Crippen molar-refractivity contribution in [2.45, 2.75) is 6.43 Å². The highest BCUT2D eigenvalue weighted by molar-refractivity contribution is 5.80. The minimum Gasteiger partial charge on any atom is -0.489 e. The number of rotatable bonds is 3. The molecule has 0 fully saturated rings. The highest BCUT2D eigenvalue weighted by Crippen LogP contribution is 2.40. The van der Waals surface area contributed by atoms with Gasteiger partial charge in [-0.3, -0.25) is 0 Å². The van der Waals surface area contributed by atoms with Crippen LogP contribution in [0.4, 0.5) is 18.9 Å². The third kappa shape index (κ3) is 2.26. The number of aromatic amines is 1. The number of nitrogens with one attached hydrogen (secondary N) is 1. The molecule has 0 aliphatic carbocycles. The Balaban J connectivity index is 2.12. The predicted octanol–water partition coefficient (Wildman–Crippen LogP) is 1.47. The average Bonchev–Trinajstić information content (AvgIpc) is 2.90. The van der Waals surface area contributed by atoms with Crippen molar-refractivity contribution in [3.05, 3.63) is 17.9 Å². The molecule has 0 atom stereocenters. The zero-order valence-electron chi connectivity index (χ0n) is 10.2. The summed E-state index contributed by atoms with van der Waals surface area (Å²) in [6.07, 6.45) is -2.51. The Bertz CT molecular complexity index is 604. The molecular weight excluding hydrogens is 275 g/mol. The number of benzene rings is 1. The van der Waals surface area contributed by atoms with Gasteiger partial charge in [-0.05, 0) is 11.3 Å². The first kappa shape index (κ1) is 12.7. The molecule has 2 aromatic rings. The lowest BCUT2D eigenvalue weighted by molar-refractivity contribution is 0.151. The van der Waals surface area contributed by atoms with E-state index in [0.29, 0.717) is 5.69 Å². The summed E-state index contributed by atoms with van der Waals surface area (Å²) < 4.78 is 44.3. The molecule has 0 bridgehead atoms. The molecule has 1 N–H and O–H groups in total. The number of nitrogens with zero attached hydrogens (tertiary/aromatic N) is 4. The molecule has 1 aliphatic rings. The molecule has 106 valence electrons. The Hall–Kier alpha value is -2.32. The van der Waals surface area contributed by atoms with Gasteiger partial charge in [0, 0.05) is 6.07 Å². The lowest BCUT2D eigenvalue weighted by Crippen LogP contribution is -2.36. The maximum absolute atomic E-state index is 13.6. The normalized spacial score (nSPS) is 14.3. The minimum absolute atomic E-state index is 0.130. The molecule has 0 spiro atoms. The van der Waals surface area contributed by atoms with Crippen molar-refractivity contribution in [1.29, 1.82) is 0 Å². The molecule has 2 heterocycles. The third-order valence-electron chi connectivity index (χ3n) is 2.92. The van der Waals surface area contributed by atoms with Gasteiger partial charge in [0.2, 0.25) is 5.82 Å². The second-order valence-electron chi connectivity index (χ2n) is 4.22. The first-order valence-electron chi connectivity index (χ1n) is 5.88. The predicted molar refractivity (Wildman–Crippen MR) is 63.3 cm³/mol. The number of tetrazole rings is 1. The van der Waals surface area contributed by atoms with Crippen LogP contribution in [0, 0.1) is 5.82 Å². The summed E-state index contributed by atoms with van der Waals surface area (Å²) in [6, 6.07) is 2.34. The van der Waals surface area contributed by atoms with Gasteiger partial charge in [-0.2, -0.15) is 5.21 Å². The molecule has 6 nitrogen and oxygen atoms in total. The average molecular weight is 285 g/mol. The van der Waals surface area contributed by atoms with Crippen molar-refractivity contribution >= 4 is 5.69 Å². The van der Waals surface area contributed by atoms with E-state index in [9.17, 15) is 13.2 Å². The molecule has 20 heavy (non-hydrogen) atoms. The first-order chi connectivity index (χ1) is 9.65. The van der Waals surface area contributed by atoms with E-state index in [2.05, 4.69) is 20.6 Å². The number of ether oxygens (including phenoxy) is 1. The van der Waals surface area contributed by atoms with Gasteiger partial charge in [-0.25, -0.2) is 13.2 Å². The lowest BCUT2D eigenvalue weighted by atomic mass is 10.1. The van der Waals surface area contributed by atoms with Crippen LogP contribution >= 0.6 is 0 Å². The number of alkyl halides is 2. The van der Waals surface area contributed by atoms with Crippen LogP contribution in [0.2, 0.25) is 0 Å². The Morgan fingerprint density at radius 1 is 1.40 bits per heavy atom. The van der Waals surface area contributed by atoms with Crippen LogP contribution in [0.3, 0.4) is 0 Å². The lowest BCUT2D eigenvalue weighted by Gasteiger charge is -2.32. The van der Waals surface area contributed by atoms with Gasteiger partial charge in [0.05, 0.1) is 24.3 Å². The second-order valence-corrected chi connectivity index (χ2v) is 4.22. The van der Waals surface area contributed by atoms with Crippen molar-refractivity contribution in [3.8, 4) is 17.1 Å². The largest absolute Gasteiger partial charge is 0.489 e. The van der Waals surface area contributed by atoms with Gasteiger partial charge in [0.15, 0.2) is 0 Å². The van der Waals surface area contributed by atoms with Crippen LogP contribution in [0.15, 0.2) is 12.1 Å². The van der Waals surface area contributed by atoms with E-state index in [1.54, 1.807) is 0 Å². The zero-order chi connectivity index (χ0) is 14.1. The molecule has 0 unspecified atom stereocenters. The number of anilines is 1. The number of H-pyrrole nitrogens is 1. The number of hydrogen-bond donors (Lipinski definition) is 1. The van der Waals surface area contributed by atoms with Crippen LogP contribution in [0.1, 0.15) is 0 Å². The summed E-state index contributed by atoms with van der Waals surface area (Å²) in [5.41, 5.74) is 0.633. The van der Waals surface area contributed by atoms with E-state index in [-0.39, 0.29) is 30.3 Å². The van der Waals surface area contributed by atoms with Crippen LogP contribution in [0.5, 0.6) is 5.75 Å². The quantitative estimate of drug-likeness (QED) is 0.925. The molecule has 0 amide bonds. The van der Waals surface area contributed by atoms with E-state index >= 15 is 0 Å². The van der Waals surface area contributed by atoms with Crippen LogP contribution < -0.4 is 9.64 Å². The maximum Gasteiger partial charge on any atom is 0.255 e. The fourth-order valence-corrected chi connectivity index (χ4v) is 2.18. The van der Waals surface area contributed by atoms with Crippen molar-refractivity contribution in [2.24, 2.45) is 0 Å². The van der Waals surface area contributed by atoms with E-state index in [1.165, 1.54) is 11.0 Å². The summed E-state index contributed by atoms with van der Waals surface area (Å²) in [7, 11) is 0. The van der Waals surface area contributed by atoms with E-state index < -0.39 is 18.8 Å². The monoisotopic (exact) mass is 285 g/mol.